The Kier molecular flexibility index (Phi) is 5.61. The van der Waals surface area contributed by atoms with Crippen molar-refractivity contribution in [1.29, 1.82) is 0 Å². The maximum absolute atomic E-state index is 14.8. The summed E-state index contributed by atoms with van der Waals surface area (Å²) in [5.74, 6) is -5.08. The van der Waals surface area contributed by atoms with E-state index < -0.39 is 45.5 Å². The van der Waals surface area contributed by atoms with Gasteiger partial charge in [0.15, 0.2) is 17.3 Å². The maximum atomic E-state index is 14.8. The van der Waals surface area contributed by atoms with Crippen LogP contribution in [0.25, 0.3) is 11.0 Å². The van der Waals surface area contributed by atoms with Crippen LogP contribution in [-0.4, -0.2) is 30.9 Å². The van der Waals surface area contributed by atoms with Crippen LogP contribution in [-0.2, 0) is 11.0 Å². The van der Waals surface area contributed by atoms with Gasteiger partial charge in [-0.3, -0.25) is 14.6 Å². The fourth-order valence-corrected chi connectivity index (χ4v) is 3.63. The normalized spacial score (nSPS) is 12.3. The second-order valence-electron chi connectivity index (χ2n) is 5.51. The lowest BCUT2D eigenvalue weighted by atomic mass is 10.0. The number of H-pyrrole nitrogens is 1. The number of benzene rings is 1. The van der Waals surface area contributed by atoms with Gasteiger partial charge in [0.25, 0.3) is 0 Å². The zero-order chi connectivity index (χ0) is 19.7. The van der Waals surface area contributed by atoms with Crippen molar-refractivity contribution in [3.05, 3.63) is 51.5 Å². The summed E-state index contributed by atoms with van der Waals surface area (Å²) in [5.41, 5.74) is -1.84. The van der Waals surface area contributed by atoms with Crippen LogP contribution >= 0.6 is 15.9 Å². The van der Waals surface area contributed by atoms with Gasteiger partial charge >= 0.3 is 0 Å². The molecule has 0 spiro atoms. The molecule has 0 saturated carbocycles. The Balaban J connectivity index is 2.11. The first-order valence-electron chi connectivity index (χ1n) is 7.70. The molecule has 3 rings (SSSR count). The van der Waals surface area contributed by atoms with E-state index in [1.165, 1.54) is 12.3 Å². The van der Waals surface area contributed by atoms with E-state index >= 15 is 0 Å². The SMILES string of the molecule is CCCS(=O)Nc1c(F)cc(F)c(C(=O)c2[nH]nc3ncc(Br)cc23)c1F. The standard InChI is InChI=1S/C16H12BrF3N4O2S/c1-2-3-27(26)24-14-10(19)5-9(18)11(12(14)20)15(25)13-8-4-7(17)6-21-16(8)23-22-13/h4-6,24H,2-3H2,1H3,(H,21,22,23). The van der Waals surface area contributed by atoms with Gasteiger partial charge in [0, 0.05) is 22.5 Å². The zero-order valence-corrected chi connectivity index (χ0v) is 16.2. The number of nitrogens with zero attached hydrogens (tertiary/aromatic N) is 2. The Morgan fingerprint density at radius 3 is 2.74 bits per heavy atom. The van der Waals surface area contributed by atoms with Crippen LogP contribution in [0.5, 0.6) is 0 Å². The van der Waals surface area contributed by atoms with Crippen molar-refractivity contribution < 1.29 is 22.2 Å². The van der Waals surface area contributed by atoms with Gasteiger partial charge in [-0.25, -0.2) is 22.4 Å². The molecule has 27 heavy (non-hydrogen) atoms. The number of rotatable bonds is 6. The van der Waals surface area contributed by atoms with Crippen LogP contribution in [0.1, 0.15) is 29.4 Å². The number of hydrogen-bond donors (Lipinski definition) is 2. The van der Waals surface area contributed by atoms with Crippen molar-refractivity contribution in [2.24, 2.45) is 0 Å². The van der Waals surface area contributed by atoms with Crippen molar-refractivity contribution >= 4 is 49.4 Å². The smallest absolute Gasteiger partial charge is 0.217 e. The molecule has 1 atom stereocenters. The van der Waals surface area contributed by atoms with Gasteiger partial charge in [0.1, 0.15) is 28.2 Å². The third-order valence-electron chi connectivity index (χ3n) is 3.61. The van der Waals surface area contributed by atoms with Crippen LogP contribution < -0.4 is 4.72 Å². The molecule has 1 unspecified atom stereocenters. The van der Waals surface area contributed by atoms with Crippen molar-refractivity contribution in [2.45, 2.75) is 13.3 Å². The first-order valence-corrected chi connectivity index (χ1v) is 9.81. The summed E-state index contributed by atoms with van der Waals surface area (Å²) in [6.45, 7) is 1.74. The summed E-state index contributed by atoms with van der Waals surface area (Å²) >= 11 is 3.19. The Labute approximate surface area is 162 Å². The molecule has 6 nitrogen and oxygen atoms in total. The third-order valence-corrected chi connectivity index (χ3v) is 5.25. The van der Waals surface area contributed by atoms with E-state index in [0.717, 1.165) is 0 Å². The second-order valence-corrected chi connectivity index (χ2v) is 7.73. The Hall–Kier alpha value is -2.27. The third kappa shape index (κ3) is 3.74. The van der Waals surface area contributed by atoms with Crippen LogP contribution in [0.2, 0.25) is 0 Å². The molecule has 0 radical (unpaired) electrons. The van der Waals surface area contributed by atoms with E-state index in [4.69, 9.17) is 0 Å². The number of aromatic nitrogens is 3. The van der Waals surface area contributed by atoms with Crippen LogP contribution in [0.3, 0.4) is 0 Å². The highest BCUT2D eigenvalue weighted by molar-refractivity contribution is 9.10. The number of anilines is 1. The predicted octanol–water partition coefficient (Wildman–Crippen LogP) is 3.85. The molecular weight excluding hydrogens is 449 g/mol. The minimum atomic E-state index is -1.78. The van der Waals surface area contributed by atoms with E-state index in [-0.39, 0.29) is 22.5 Å². The van der Waals surface area contributed by atoms with Crippen molar-refractivity contribution in [3.63, 3.8) is 0 Å². The number of carbonyl (C=O) groups is 1. The van der Waals surface area contributed by atoms with Gasteiger partial charge in [-0.1, -0.05) is 6.92 Å². The van der Waals surface area contributed by atoms with Crippen LogP contribution in [0, 0.1) is 17.5 Å². The van der Waals surface area contributed by atoms with Crippen LogP contribution in [0.4, 0.5) is 18.9 Å². The largest absolute Gasteiger partial charge is 0.300 e. The summed E-state index contributed by atoms with van der Waals surface area (Å²) < 4.78 is 57.4. The molecule has 3 aromatic rings. The number of aromatic amines is 1. The fraction of sp³-hybridized carbons (Fsp3) is 0.188. The molecular formula is C16H12BrF3N4O2S. The Morgan fingerprint density at radius 1 is 1.30 bits per heavy atom. The minimum absolute atomic E-state index is 0.129. The zero-order valence-electron chi connectivity index (χ0n) is 13.8. The summed E-state index contributed by atoms with van der Waals surface area (Å²) in [5, 5.41) is 6.45. The van der Waals surface area contributed by atoms with Gasteiger partial charge in [0.2, 0.25) is 5.78 Å². The quantitative estimate of drug-likeness (QED) is 0.546. The van der Waals surface area contributed by atoms with Crippen LogP contribution in [0.15, 0.2) is 22.8 Å². The highest BCUT2D eigenvalue weighted by Gasteiger charge is 2.28. The van der Waals surface area contributed by atoms with E-state index in [1.54, 1.807) is 6.92 Å². The van der Waals surface area contributed by atoms with Gasteiger partial charge in [-0.2, -0.15) is 5.10 Å². The summed E-state index contributed by atoms with van der Waals surface area (Å²) in [7, 11) is -1.78. The predicted molar refractivity (Wildman–Crippen MR) is 98.3 cm³/mol. The van der Waals surface area contributed by atoms with Gasteiger partial charge in [0.05, 0.1) is 10.9 Å². The van der Waals surface area contributed by atoms with Crippen molar-refractivity contribution in [1.82, 2.24) is 15.2 Å². The van der Waals surface area contributed by atoms with Gasteiger partial charge in [-0.15, -0.1) is 0 Å². The number of hydrogen-bond acceptors (Lipinski definition) is 4. The molecule has 0 fully saturated rings. The molecule has 0 amide bonds. The number of halogens is 4. The monoisotopic (exact) mass is 460 g/mol. The lowest BCUT2D eigenvalue weighted by Gasteiger charge is -2.11. The molecule has 2 aromatic heterocycles. The number of fused-ring (bicyclic) bond motifs is 1. The Bertz CT molecular complexity index is 1070. The van der Waals surface area contributed by atoms with E-state index in [2.05, 4.69) is 35.8 Å². The summed E-state index contributed by atoms with van der Waals surface area (Å²) in [6.07, 6.45) is 1.94. The fourth-order valence-electron chi connectivity index (χ4n) is 2.41. The van der Waals surface area contributed by atoms with Gasteiger partial charge in [-0.05, 0) is 28.4 Å². The number of pyridine rings is 1. The summed E-state index contributed by atoms with van der Waals surface area (Å²) in [6, 6.07) is 1.88. The molecule has 0 aliphatic carbocycles. The van der Waals surface area contributed by atoms with E-state index in [9.17, 15) is 22.2 Å². The van der Waals surface area contributed by atoms with Gasteiger partial charge < -0.3 is 0 Å². The number of ketones is 1. The molecule has 0 saturated heterocycles. The van der Waals surface area contributed by atoms with E-state index in [1.807, 2.05) is 0 Å². The number of carbonyl (C=O) groups excluding carboxylic acids is 1. The van der Waals surface area contributed by atoms with E-state index in [0.29, 0.717) is 17.0 Å². The first-order chi connectivity index (χ1) is 12.8. The maximum Gasteiger partial charge on any atom is 0.217 e. The molecule has 2 heterocycles. The minimum Gasteiger partial charge on any atom is -0.300 e. The topological polar surface area (TPSA) is 87.7 Å². The average molecular weight is 461 g/mol. The molecule has 0 bridgehead atoms. The average Bonchev–Trinajstić information content (AvgIpc) is 3.01. The first kappa shape index (κ1) is 19.5. The second kappa shape index (κ2) is 7.77. The molecule has 1 aromatic carbocycles. The highest BCUT2D eigenvalue weighted by atomic mass is 79.9. The molecule has 11 heteroatoms. The van der Waals surface area contributed by atoms with Crippen molar-refractivity contribution in [3.8, 4) is 0 Å². The highest BCUT2D eigenvalue weighted by Crippen LogP contribution is 2.29. The lowest BCUT2D eigenvalue weighted by Crippen LogP contribution is -2.15. The Morgan fingerprint density at radius 2 is 2.04 bits per heavy atom. The molecule has 142 valence electrons. The molecule has 0 aliphatic heterocycles. The lowest BCUT2D eigenvalue weighted by molar-refractivity contribution is 0.102. The molecule has 0 aliphatic rings. The molecule has 2 N–H and O–H groups in total. The van der Waals surface area contributed by atoms with Crippen molar-refractivity contribution in [2.75, 3.05) is 10.5 Å². The number of nitrogens with one attached hydrogen (secondary N) is 2. The summed E-state index contributed by atoms with van der Waals surface area (Å²) in [4.78, 5) is 16.7.